The third-order valence-corrected chi connectivity index (χ3v) is 8.05. The van der Waals surface area contributed by atoms with Crippen LogP contribution >= 0.6 is 0 Å². The van der Waals surface area contributed by atoms with E-state index in [1.807, 2.05) is 61.5 Å². The minimum absolute atomic E-state index is 0.0177. The van der Waals surface area contributed by atoms with Crippen LogP contribution in [0.25, 0.3) is 22.3 Å². The van der Waals surface area contributed by atoms with Crippen molar-refractivity contribution in [2.24, 2.45) is 0 Å². The number of carbonyl (C=O) groups excluding carboxylic acids is 1. The highest BCUT2D eigenvalue weighted by molar-refractivity contribution is 7.91. The van der Waals surface area contributed by atoms with Gasteiger partial charge in [0.1, 0.15) is 5.75 Å². The van der Waals surface area contributed by atoms with Gasteiger partial charge in [-0.1, -0.05) is 42.5 Å². The number of hydrogen-bond acceptors (Lipinski definition) is 6. The number of ether oxygens (including phenoxy) is 1. The van der Waals surface area contributed by atoms with E-state index in [1.165, 1.54) is 0 Å². The number of pyridine rings is 1. The lowest BCUT2D eigenvalue weighted by Crippen LogP contribution is -2.23. The van der Waals surface area contributed by atoms with Gasteiger partial charge >= 0.3 is 0 Å². The van der Waals surface area contributed by atoms with Gasteiger partial charge in [-0.2, -0.15) is 5.10 Å². The number of amides is 1. The van der Waals surface area contributed by atoms with Gasteiger partial charge in [0.15, 0.2) is 15.5 Å². The molecule has 1 aliphatic heterocycles. The summed E-state index contributed by atoms with van der Waals surface area (Å²) in [5.74, 6) is 0.570. The van der Waals surface area contributed by atoms with Crippen LogP contribution in [0, 0.1) is 6.92 Å². The van der Waals surface area contributed by atoms with Crippen molar-refractivity contribution in [3.8, 4) is 17.0 Å². The molecule has 0 radical (unpaired) electrons. The Morgan fingerprint density at radius 2 is 1.94 bits per heavy atom. The number of aromatic nitrogens is 3. The summed E-state index contributed by atoms with van der Waals surface area (Å²) in [6.45, 7) is 2.20. The largest absolute Gasteiger partial charge is 0.497 e. The maximum atomic E-state index is 13.4. The van der Waals surface area contributed by atoms with E-state index in [0.717, 1.165) is 11.1 Å². The zero-order chi connectivity index (χ0) is 24.6. The summed E-state index contributed by atoms with van der Waals surface area (Å²) in [6.07, 6.45) is 0.471. The van der Waals surface area contributed by atoms with Crippen LogP contribution in [0.2, 0.25) is 0 Å². The third kappa shape index (κ3) is 4.64. The number of carbonyl (C=O) groups is 1. The van der Waals surface area contributed by atoms with Gasteiger partial charge in [-0.05, 0) is 37.1 Å². The number of fused-ring (bicyclic) bond motifs is 1. The minimum Gasteiger partial charge on any atom is -0.497 e. The highest BCUT2D eigenvalue weighted by atomic mass is 32.2. The van der Waals surface area contributed by atoms with Crippen molar-refractivity contribution in [1.82, 2.24) is 20.1 Å². The molecule has 1 unspecified atom stereocenters. The summed E-state index contributed by atoms with van der Waals surface area (Å²) < 4.78 is 31.4. The predicted octanol–water partition coefficient (Wildman–Crippen LogP) is 3.70. The topological polar surface area (TPSA) is 103 Å². The Morgan fingerprint density at radius 1 is 1.14 bits per heavy atom. The van der Waals surface area contributed by atoms with Crippen molar-refractivity contribution in [3.63, 3.8) is 0 Å². The zero-order valence-corrected chi connectivity index (χ0v) is 20.4. The molecule has 2 aromatic heterocycles. The van der Waals surface area contributed by atoms with Crippen LogP contribution in [-0.4, -0.2) is 47.7 Å². The number of rotatable bonds is 6. The summed E-state index contributed by atoms with van der Waals surface area (Å²) in [6, 6.07) is 18.6. The molecule has 180 valence electrons. The van der Waals surface area contributed by atoms with Crippen molar-refractivity contribution >= 4 is 26.8 Å². The van der Waals surface area contributed by atoms with Crippen LogP contribution in [-0.2, 0) is 16.4 Å². The highest BCUT2D eigenvalue weighted by Gasteiger charge is 2.32. The van der Waals surface area contributed by atoms with Gasteiger partial charge in [0.2, 0.25) is 0 Å². The lowest BCUT2D eigenvalue weighted by molar-refractivity contribution is 0.0952. The van der Waals surface area contributed by atoms with Gasteiger partial charge in [-0.3, -0.25) is 4.79 Å². The Morgan fingerprint density at radius 3 is 2.66 bits per heavy atom. The Bertz CT molecular complexity index is 1510. The molecule has 9 heteroatoms. The second-order valence-electron chi connectivity index (χ2n) is 8.74. The van der Waals surface area contributed by atoms with Crippen molar-refractivity contribution in [1.29, 1.82) is 0 Å². The zero-order valence-electron chi connectivity index (χ0n) is 19.6. The smallest absolute Gasteiger partial charge is 0.252 e. The number of aryl methyl sites for hydroxylation is 1. The van der Waals surface area contributed by atoms with Crippen LogP contribution in [0.15, 0.2) is 60.7 Å². The second-order valence-corrected chi connectivity index (χ2v) is 11.0. The third-order valence-electron chi connectivity index (χ3n) is 6.30. The average Bonchev–Trinajstić information content (AvgIpc) is 3.41. The van der Waals surface area contributed by atoms with Crippen LogP contribution in [0.5, 0.6) is 5.75 Å². The summed E-state index contributed by atoms with van der Waals surface area (Å²) in [5, 5.41) is 8.29. The fourth-order valence-electron chi connectivity index (χ4n) is 4.52. The van der Waals surface area contributed by atoms with Crippen molar-refractivity contribution in [2.45, 2.75) is 25.9 Å². The van der Waals surface area contributed by atoms with E-state index < -0.39 is 9.84 Å². The van der Waals surface area contributed by atoms with Crippen LogP contribution in [0.3, 0.4) is 0 Å². The van der Waals surface area contributed by atoms with Gasteiger partial charge in [0, 0.05) is 12.1 Å². The SMILES string of the molecule is COc1cccc(-c2cc(C(=O)NCc3ccccc3)c3c(C)nn(C4CCS(=O)(=O)C4)c3n2)c1. The van der Waals surface area contributed by atoms with E-state index in [2.05, 4.69) is 10.4 Å². The molecule has 0 bridgehead atoms. The summed E-state index contributed by atoms with van der Waals surface area (Å²) in [5.41, 5.74) is 3.96. The molecule has 4 aromatic rings. The van der Waals surface area contributed by atoms with Gasteiger partial charge in [-0.25, -0.2) is 18.1 Å². The maximum absolute atomic E-state index is 13.4. The first-order valence-electron chi connectivity index (χ1n) is 11.4. The van der Waals surface area contributed by atoms with E-state index in [0.29, 0.717) is 46.7 Å². The van der Waals surface area contributed by atoms with E-state index in [1.54, 1.807) is 17.9 Å². The maximum Gasteiger partial charge on any atom is 0.252 e. The molecule has 0 aliphatic carbocycles. The van der Waals surface area contributed by atoms with Gasteiger partial charge in [0.25, 0.3) is 5.91 Å². The van der Waals surface area contributed by atoms with E-state index in [-0.39, 0.29) is 23.5 Å². The fourth-order valence-corrected chi connectivity index (χ4v) is 6.21. The quantitative estimate of drug-likeness (QED) is 0.442. The molecule has 35 heavy (non-hydrogen) atoms. The highest BCUT2D eigenvalue weighted by Crippen LogP contribution is 2.32. The first kappa shape index (κ1) is 23.0. The summed E-state index contributed by atoms with van der Waals surface area (Å²) in [4.78, 5) is 18.3. The van der Waals surface area contributed by atoms with Gasteiger partial charge in [-0.15, -0.1) is 0 Å². The predicted molar refractivity (Wildman–Crippen MR) is 134 cm³/mol. The first-order valence-corrected chi connectivity index (χ1v) is 13.2. The number of sulfone groups is 1. The molecular weight excluding hydrogens is 464 g/mol. The molecule has 1 fully saturated rings. The van der Waals surface area contributed by atoms with Crippen LogP contribution < -0.4 is 10.1 Å². The molecule has 0 spiro atoms. The number of nitrogens with zero attached hydrogens (tertiary/aromatic N) is 3. The molecule has 1 atom stereocenters. The van der Waals surface area contributed by atoms with Crippen LogP contribution in [0.1, 0.15) is 34.1 Å². The lowest BCUT2D eigenvalue weighted by Gasteiger charge is -2.13. The first-order chi connectivity index (χ1) is 16.8. The van der Waals surface area contributed by atoms with Gasteiger partial charge < -0.3 is 10.1 Å². The molecule has 3 heterocycles. The van der Waals surface area contributed by atoms with E-state index in [9.17, 15) is 13.2 Å². The molecule has 5 rings (SSSR count). The average molecular weight is 491 g/mol. The minimum atomic E-state index is -3.12. The standard InChI is InChI=1S/C26H26N4O4S/c1-17-24-22(26(31)27-15-18-7-4-3-5-8-18)14-23(19-9-6-10-21(13-19)34-2)28-25(24)30(29-17)20-11-12-35(32,33)16-20/h3-10,13-14,20H,11-12,15-16H2,1-2H3,(H,27,31). The molecule has 0 saturated carbocycles. The molecule has 1 saturated heterocycles. The molecule has 1 aliphatic rings. The molecular formula is C26H26N4O4S. The fraction of sp³-hybridized carbons (Fsp3) is 0.269. The second kappa shape index (κ2) is 9.14. The van der Waals surface area contributed by atoms with Crippen molar-refractivity contribution in [3.05, 3.63) is 77.5 Å². The normalized spacial score (nSPS) is 16.9. The molecule has 1 N–H and O–H groups in total. The monoisotopic (exact) mass is 490 g/mol. The Hall–Kier alpha value is -3.72. The number of nitrogens with one attached hydrogen (secondary N) is 1. The van der Waals surface area contributed by atoms with Crippen LogP contribution in [0.4, 0.5) is 0 Å². The lowest BCUT2D eigenvalue weighted by atomic mass is 10.0. The van der Waals surface area contributed by atoms with Gasteiger partial charge in [0.05, 0.1) is 47.0 Å². The Kier molecular flexibility index (Phi) is 6.02. The number of methoxy groups -OCH3 is 1. The number of benzene rings is 2. The number of hydrogen-bond donors (Lipinski definition) is 1. The molecule has 2 aromatic carbocycles. The Labute approximate surface area is 203 Å². The van der Waals surface area contributed by atoms with E-state index in [4.69, 9.17) is 9.72 Å². The van der Waals surface area contributed by atoms with E-state index >= 15 is 0 Å². The Balaban J connectivity index is 1.63. The van der Waals surface area contributed by atoms with Crippen molar-refractivity contribution < 1.29 is 17.9 Å². The molecule has 8 nitrogen and oxygen atoms in total. The molecule has 1 amide bonds. The summed E-state index contributed by atoms with van der Waals surface area (Å²) >= 11 is 0. The summed E-state index contributed by atoms with van der Waals surface area (Å²) in [7, 11) is -1.53. The van der Waals surface area contributed by atoms with Crippen molar-refractivity contribution in [2.75, 3.05) is 18.6 Å².